The van der Waals surface area contributed by atoms with Crippen LogP contribution in [0.2, 0.25) is 0 Å². The smallest absolute Gasteiger partial charge is 0.141 e. The van der Waals surface area contributed by atoms with E-state index in [4.69, 9.17) is 5.26 Å². The minimum atomic E-state index is -0.592. The predicted octanol–water partition coefficient (Wildman–Crippen LogP) is 1.71. The fraction of sp³-hybridized carbons (Fsp3) is 0.500. The lowest BCUT2D eigenvalue weighted by Crippen LogP contribution is -2.20. The minimum Gasteiger partial charge on any atom is -0.389 e. The van der Waals surface area contributed by atoms with E-state index >= 15 is 0 Å². The highest BCUT2D eigenvalue weighted by Gasteiger charge is 2.34. The maximum absolute atomic E-state index is 9.70. The third-order valence-corrected chi connectivity index (χ3v) is 2.96. The van der Waals surface area contributed by atoms with Gasteiger partial charge in [0.25, 0.3) is 0 Å². The number of rotatable bonds is 1. The largest absolute Gasteiger partial charge is 0.389 e. The molecule has 1 aliphatic rings. The van der Waals surface area contributed by atoms with Crippen molar-refractivity contribution < 1.29 is 5.11 Å². The number of aliphatic hydroxyl groups excluding tert-OH is 1. The first-order chi connectivity index (χ1) is 7.45. The molecule has 16 heavy (non-hydrogen) atoms. The Hall–Kier alpha value is -1.60. The summed E-state index contributed by atoms with van der Waals surface area (Å²) in [5.41, 5.74) is 2.80. The maximum Gasteiger partial charge on any atom is 0.141 e. The Bertz CT molecular complexity index is 472. The first-order valence-electron chi connectivity index (χ1n) is 5.33. The molecule has 0 bridgehead atoms. The highest BCUT2D eigenvalue weighted by atomic mass is 16.3. The molecule has 1 unspecified atom stereocenters. The van der Waals surface area contributed by atoms with Crippen LogP contribution in [-0.2, 0) is 5.41 Å². The Morgan fingerprint density at radius 3 is 2.88 bits per heavy atom. The molecule has 4 heteroatoms. The molecule has 1 aromatic rings. The van der Waals surface area contributed by atoms with Gasteiger partial charge >= 0.3 is 0 Å². The molecular formula is C12H15N3O. The first-order valence-corrected chi connectivity index (χ1v) is 5.33. The zero-order valence-corrected chi connectivity index (χ0v) is 9.70. The molecule has 0 radical (unpaired) electrons. The molecule has 0 aliphatic carbocycles. The molecule has 4 nitrogen and oxygen atoms in total. The van der Waals surface area contributed by atoms with Gasteiger partial charge in [-0.2, -0.15) is 5.26 Å². The van der Waals surface area contributed by atoms with Crippen molar-refractivity contribution in [2.24, 2.45) is 0 Å². The molecule has 1 aliphatic heterocycles. The van der Waals surface area contributed by atoms with Crippen LogP contribution < -0.4 is 5.32 Å². The number of hydrogen-bond acceptors (Lipinski definition) is 4. The van der Waals surface area contributed by atoms with E-state index < -0.39 is 6.10 Å². The Labute approximate surface area is 94.9 Å². The van der Waals surface area contributed by atoms with Crippen LogP contribution in [-0.4, -0.2) is 16.6 Å². The Kier molecular flexibility index (Phi) is 2.36. The van der Waals surface area contributed by atoms with E-state index in [0.29, 0.717) is 5.69 Å². The van der Waals surface area contributed by atoms with Crippen molar-refractivity contribution in [2.75, 3.05) is 11.9 Å². The van der Waals surface area contributed by atoms with E-state index in [-0.39, 0.29) is 5.41 Å². The van der Waals surface area contributed by atoms with Gasteiger partial charge < -0.3 is 10.4 Å². The minimum absolute atomic E-state index is 0.0914. The molecule has 2 heterocycles. The number of nitrogens with zero attached hydrogens (tertiary/aromatic N) is 2. The number of nitrogens with one attached hydrogen (secondary N) is 1. The summed E-state index contributed by atoms with van der Waals surface area (Å²) in [6, 6.07) is 3.69. The fourth-order valence-electron chi connectivity index (χ4n) is 2.02. The van der Waals surface area contributed by atoms with Gasteiger partial charge in [0.05, 0.1) is 17.5 Å². The normalized spacial score (nSPS) is 18.4. The van der Waals surface area contributed by atoms with Crippen LogP contribution in [0.5, 0.6) is 0 Å². The fourth-order valence-corrected chi connectivity index (χ4v) is 2.02. The summed E-state index contributed by atoms with van der Waals surface area (Å²) in [6.07, 6.45) is -0.592. The molecule has 84 valence electrons. The molecule has 0 saturated carbocycles. The molecule has 0 spiro atoms. The van der Waals surface area contributed by atoms with Crippen LogP contribution in [0, 0.1) is 11.3 Å². The lowest BCUT2D eigenvalue weighted by atomic mass is 9.90. The second-order valence-electron chi connectivity index (χ2n) is 4.85. The Balaban J connectivity index is 2.67. The maximum atomic E-state index is 9.70. The van der Waals surface area contributed by atoms with E-state index in [9.17, 15) is 5.11 Å². The molecule has 0 saturated heterocycles. The molecule has 0 aromatic carbocycles. The van der Waals surface area contributed by atoms with Crippen LogP contribution >= 0.6 is 0 Å². The van der Waals surface area contributed by atoms with E-state index in [1.54, 1.807) is 13.0 Å². The average molecular weight is 217 g/mol. The topological polar surface area (TPSA) is 68.9 Å². The number of fused-ring (bicyclic) bond motifs is 1. The van der Waals surface area contributed by atoms with E-state index in [0.717, 1.165) is 23.5 Å². The van der Waals surface area contributed by atoms with E-state index in [2.05, 4.69) is 24.1 Å². The monoisotopic (exact) mass is 217 g/mol. The summed E-state index contributed by atoms with van der Waals surface area (Å²) >= 11 is 0. The lowest BCUT2D eigenvalue weighted by Gasteiger charge is -2.17. The number of pyridine rings is 1. The number of anilines is 1. The van der Waals surface area contributed by atoms with Crippen LogP contribution in [0.25, 0.3) is 0 Å². The van der Waals surface area contributed by atoms with Crippen LogP contribution in [0.1, 0.15) is 43.8 Å². The summed E-state index contributed by atoms with van der Waals surface area (Å²) in [4.78, 5) is 4.33. The zero-order chi connectivity index (χ0) is 11.9. The predicted molar refractivity (Wildman–Crippen MR) is 61.1 cm³/mol. The van der Waals surface area contributed by atoms with Gasteiger partial charge in [-0.3, -0.25) is 0 Å². The Morgan fingerprint density at radius 2 is 2.31 bits per heavy atom. The van der Waals surface area contributed by atoms with Crippen LogP contribution in [0.15, 0.2) is 6.07 Å². The molecule has 2 N–H and O–H groups in total. The van der Waals surface area contributed by atoms with Crippen LogP contribution in [0.4, 0.5) is 5.69 Å². The summed E-state index contributed by atoms with van der Waals surface area (Å²) in [7, 11) is 0. The molecular weight excluding hydrogens is 202 g/mol. The van der Waals surface area contributed by atoms with Crippen molar-refractivity contribution in [3.63, 3.8) is 0 Å². The second-order valence-corrected chi connectivity index (χ2v) is 4.85. The van der Waals surface area contributed by atoms with Gasteiger partial charge in [-0.1, -0.05) is 13.8 Å². The highest BCUT2D eigenvalue weighted by Crippen LogP contribution is 2.39. The van der Waals surface area contributed by atoms with Gasteiger partial charge in [0, 0.05) is 17.5 Å². The average Bonchev–Trinajstić information content (AvgIpc) is 2.53. The van der Waals surface area contributed by atoms with Gasteiger partial charge in [-0.25, -0.2) is 4.98 Å². The molecule has 1 atom stereocenters. The quantitative estimate of drug-likeness (QED) is 0.751. The van der Waals surface area contributed by atoms with Crippen molar-refractivity contribution >= 4 is 5.69 Å². The van der Waals surface area contributed by atoms with Crippen molar-refractivity contribution in [3.8, 4) is 6.07 Å². The number of aromatic nitrogens is 1. The zero-order valence-electron chi connectivity index (χ0n) is 9.70. The number of hydrogen-bond donors (Lipinski definition) is 2. The first kappa shape index (κ1) is 10.9. The van der Waals surface area contributed by atoms with Gasteiger partial charge in [0.1, 0.15) is 11.8 Å². The summed E-state index contributed by atoms with van der Waals surface area (Å²) < 4.78 is 0. The second kappa shape index (κ2) is 3.46. The molecule has 1 aromatic heterocycles. The number of nitriles is 1. The van der Waals surface area contributed by atoms with Gasteiger partial charge in [-0.15, -0.1) is 0 Å². The van der Waals surface area contributed by atoms with Gasteiger partial charge in [-0.05, 0) is 13.0 Å². The molecule has 2 rings (SSSR count). The van der Waals surface area contributed by atoms with Crippen molar-refractivity contribution in [1.29, 1.82) is 5.26 Å². The Morgan fingerprint density at radius 1 is 1.62 bits per heavy atom. The third kappa shape index (κ3) is 1.54. The standard InChI is InChI=1S/C12H15N3O/c1-7(16)9-4-8(5-13)15-11-10(9)14-6-12(11,2)3/h4,7,14,16H,6H2,1-3H3. The summed E-state index contributed by atoms with van der Waals surface area (Å²) in [5, 5.41) is 21.9. The third-order valence-electron chi connectivity index (χ3n) is 2.96. The summed E-state index contributed by atoms with van der Waals surface area (Å²) in [5.74, 6) is 0. The molecule has 0 fully saturated rings. The van der Waals surface area contributed by atoms with Crippen molar-refractivity contribution in [3.05, 3.63) is 23.0 Å². The summed E-state index contributed by atoms with van der Waals surface area (Å²) in [6.45, 7) is 6.63. The van der Waals surface area contributed by atoms with Crippen molar-refractivity contribution in [1.82, 2.24) is 4.98 Å². The molecule has 0 amide bonds. The number of aliphatic hydroxyl groups is 1. The van der Waals surface area contributed by atoms with Crippen molar-refractivity contribution in [2.45, 2.75) is 32.3 Å². The van der Waals surface area contributed by atoms with E-state index in [1.165, 1.54) is 0 Å². The lowest BCUT2D eigenvalue weighted by molar-refractivity contribution is 0.200. The van der Waals surface area contributed by atoms with Crippen LogP contribution in [0.3, 0.4) is 0 Å². The van der Waals surface area contributed by atoms with Gasteiger partial charge in [0.15, 0.2) is 0 Å². The van der Waals surface area contributed by atoms with E-state index in [1.807, 2.05) is 6.07 Å². The SMILES string of the molecule is CC(O)c1cc(C#N)nc2c1NCC2(C)C. The highest BCUT2D eigenvalue weighted by molar-refractivity contribution is 5.64. The van der Waals surface area contributed by atoms with Gasteiger partial charge in [0.2, 0.25) is 0 Å².